The summed E-state index contributed by atoms with van der Waals surface area (Å²) in [5, 5.41) is 4.30. The largest absolute Gasteiger partial charge is 0.354 e. The first-order valence-corrected chi connectivity index (χ1v) is 6.98. The number of alkyl halides is 1. The Morgan fingerprint density at radius 2 is 2.50 bits per heavy atom. The summed E-state index contributed by atoms with van der Waals surface area (Å²) in [6.07, 6.45) is 2.39. The van der Waals surface area contributed by atoms with E-state index in [0.29, 0.717) is 13.0 Å². The Bertz CT molecular complexity index is 507. The third-order valence-electron chi connectivity index (χ3n) is 2.51. The first kappa shape index (κ1) is 13.1. The van der Waals surface area contributed by atoms with Gasteiger partial charge in [0.15, 0.2) is 0 Å². The molecule has 2 aromatic heterocycles. The fraction of sp³-hybridized carbons (Fsp3) is 0.333. The molecule has 2 N–H and O–H groups in total. The molecule has 1 amide bonds. The number of carbonyl (C=O) groups is 1. The van der Waals surface area contributed by atoms with Crippen LogP contribution >= 0.6 is 22.9 Å². The lowest BCUT2D eigenvalue weighted by Gasteiger charge is -2.06. The number of aromatic amines is 1. The first-order chi connectivity index (χ1) is 8.68. The summed E-state index contributed by atoms with van der Waals surface area (Å²) in [6, 6.07) is 4.03. The second kappa shape index (κ2) is 6.02. The van der Waals surface area contributed by atoms with Gasteiger partial charge in [0.25, 0.3) is 0 Å². The minimum Gasteiger partial charge on any atom is -0.354 e. The predicted molar refractivity (Wildman–Crippen MR) is 73.9 cm³/mol. The van der Waals surface area contributed by atoms with Crippen LogP contribution in [0.15, 0.2) is 23.8 Å². The van der Waals surface area contributed by atoms with Gasteiger partial charge in [-0.3, -0.25) is 4.79 Å². The van der Waals surface area contributed by atoms with Crippen molar-refractivity contribution in [3.05, 3.63) is 29.5 Å². The summed E-state index contributed by atoms with van der Waals surface area (Å²) in [6.45, 7) is 2.21. The van der Waals surface area contributed by atoms with Crippen molar-refractivity contribution in [3.8, 4) is 10.6 Å². The van der Waals surface area contributed by atoms with Crippen LogP contribution in [0.3, 0.4) is 0 Å². The molecule has 4 nitrogen and oxygen atoms in total. The van der Waals surface area contributed by atoms with E-state index in [1.807, 2.05) is 17.5 Å². The van der Waals surface area contributed by atoms with Crippen molar-refractivity contribution >= 4 is 28.8 Å². The van der Waals surface area contributed by atoms with E-state index < -0.39 is 5.38 Å². The molecule has 0 radical (unpaired) electrons. The maximum absolute atomic E-state index is 11.3. The number of halogens is 1. The number of aromatic nitrogens is 2. The lowest BCUT2D eigenvalue weighted by Crippen LogP contribution is -2.31. The molecule has 6 heteroatoms. The molecule has 0 spiro atoms. The molecule has 0 aromatic carbocycles. The van der Waals surface area contributed by atoms with Gasteiger partial charge in [-0.2, -0.15) is 0 Å². The SMILES string of the molecule is CC(Cl)C(=O)NCCc1[nH]cnc1-c1cccs1. The van der Waals surface area contributed by atoms with Crippen molar-refractivity contribution in [2.75, 3.05) is 6.54 Å². The minimum absolute atomic E-state index is 0.145. The average Bonchev–Trinajstić information content (AvgIpc) is 2.98. The first-order valence-electron chi connectivity index (χ1n) is 5.66. The molecule has 1 unspecified atom stereocenters. The number of carbonyl (C=O) groups excluding carboxylic acids is 1. The monoisotopic (exact) mass is 283 g/mol. The Balaban J connectivity index is 1.95. The van der Waals surface area contributed by atoms with Gasteiger partial charge in [-0.25, -0.2) is 4.98 Å². The van der Waals surface area contributed by atoms with Crippen LogP contribution in [0.4, 0.5) is 0 Å². The Hall–Kier alpha value is -1.33. The van der Waals surface area contributed by atoms with Crippen LogP contribution in [0.5, 0.6) is 0 Å². The van der Waals surface area contributed by atoms with Crippen LogP contribution in [0.2, 0.25) is 0 Å². The molecular formula is C12H14ClN3OS. The van der Waals surface area contributed by atoms with Crippen LogP contribution in [0.25, 0.3) is 10.6 Å². The standard InChI is InChI=1S/C12H14ClN3OS/c1-8(13)12(17)14-5-4-9-11(16-7-15-9)10-3-2-6-18-10/h2-3,6-8H,4-5H2,1H3,(H,14,17)(H,15,16). The fourth-order valence-electron chi connectivity index (χ4n) is 1.59. The van der Waals surface area contributed by atoms with E-state index in [4.69, 9.17) is 11.6 Å². The zero-order chi connectivity index (χ0) is 13.0. The summed E-state index contributed by atoms with van der Waals surface area (Å²) in [7, 11) is 0. The quantitative estimate of drug-likeness (QED) is 0.828. The van der Waals surface area contributed by atoms with Crippen LogP contribution in [-0.2, 0) is 11.2 Å². The lowest BCUT2D eigenvalue weighted by molar-refractivity contribution is -0.120. The summed E-state index contributed by atoms with van der Waals surface area (Å²) in [5.41, 5.74) is 1.98. The topological polar surface area (TPSA) is 57.8 Å². The third-order valence-corrected chi connectivity index (χ3v) is 3.58. The van der Waals surface area contributed by atoms with Gasteiger partial charge in [-0.05, 0) is 18.4 Å². The minimum atomic E-state index is -0.497. The number of hydrogen-bond donors (Lipinski definition) is 2. The van der Waals surface area contributed by atoms with E-state index in [-0.39, 0.29) is 5.91 Å². The molecule has 2 heterocycles. The number of amides is 1. The molecule has 0 fully saturated rings. The van der Waals surface area contributed by atoms with Crippen LogP contribution < -0.4 is 5.32 Å². The number of hydrogen-bond acceptors (Lipinski definition) is 3. The van der Waals surface area contributed by atoms with Crippen molar-refractivity contribution in [2.24, 2.45) is 0 Å². The van der Waals surface area contributed by atoms with Gasteiger partial charge >= 0.3 is 0 Å². The summed E-state index contributed by atoms with van der Waals surface area (Å²) in [4.78, 5) is 19.9. The van der Waals surface area contributed by atoms with Gasteiger partial charge in [0.1, 0.15) is 11.1 Å². The van der Waals surface area contributed by atoms with E-state index in [9.17, 15) is 4.79 Å². The van der Waals surface area contributed by atoms with Gasteiger partial charge in [0.2, 0.25) is 5.91 Å². The fourth-order valence-corrected chi connectivity index (χ4v) is 2.41. The summed E-state index contributed by atoms with van der Waals surface area (Å²) < 4.78 is 0. The molecule has 0 saturated carbocycles. The number of rotatable bonds is 5. The number of thiophene rings is 1. The molecule has 96 valence electrons. The molecule has 1 atom stereocenters. The zero-order valence-electron chi connectivity index (χ0n) is 9.94. The van der Waals surface area contributed by atoms with Crippen LogP contribution in [0, 0.1) is 0 Å². The highest BCUT2D eigenvalue weighted by atomic mass is 35.5. The van der Waals surface area contributed by atoms with E-state index in [2.05, 4.69) is 15.3 Å². The number of nitrogens with zero attached hydrogens (tertiary/aromatic N) is 1. The van der Waals surface area contributed by atoms with Crippen molar-refractivity contribution < 1.29 is 4.79 Å². The molecule has 2 aromatic rings. The highest BCUT2D eigenvalue weighted by Crippen LogP contribution is 2.25. The van der Waals surface area contributed by atoms with Crippen molar-refractivity contribution in [1.82, 2.24) is 15.3 Å². The van der Waals surface area contributed by atoms with E-state index in [0.717, 1.165) is 16.3 Å². The molecule has 0 aliphatic carbocycles. The highest BCUT2D eigenvalue weighted by Gasteiger charge is 2.11. The van der Waals surface area contributed by atoms with E-state index in [1.165, 1.54) is 0 Å². The van der Waals surface area contributed by atoms with Crippen molar-refractivity contribution in [3.63, 3.8) is 0 Å². The smallest absolute Gasteiger partial charge is 0.237 e. The number of H-pyrrole nitrogens is 1. The second-order valence-corrected chi connectivity index (χ2v) is 5.47. The number of nitrogens with one attached hydrogen (secondary N) is 2. The van der Waals surface area contributed by atoms with Gasteiger partial charge in [0.05, 0.1) is 11.2 Å². The van der Waals surface area contributed by atoms with Crippen molar-refractivity contribution in [1.29, 1.82) is 0 Å². The molecule has 0 aliphatic heterocycles. The van der Waals surface area contributed by atoms with Gasteiger partial charge in [-0.15, -0.1) is 22.9 Å². The molecule has 0 bridgehead atoms. The molecule has 0 aliphatic rings. The Morgan fingerprint density at radius 1 is 1.67 bits per heavy atom. The number of imidazole rings is 1. The van der Waals surface area contributed by atoms with Crippen LogP contribution in [0.1, 0.15) is 12.6 Å². The summed E-state index contributed by atoms with van der Waals surface area (Å²) >= 11 is 7.32. The van der Waals surface area contributed by atoms with Crippen LogP contribution in [-0.4, -0.2) is 27.8 Å². The zero-order valence-corrected chi connectivity index (χ0v) is 11.5. The summed E-state index contributed by atoms with van der Waals surface area (Å²) in [5.74, 6) is -0.145. The maximum Gasteiger partial charge on any atom is 0.237 e. The highest BCUT2D eigenvalue weighted by molar-refractivity contribution is 7.13. The van der Waals surface area contributed by atoms with Gasteiger partial charge in [0, 0.05) is 18.7 Å². The van der Waals surface area contributed by atoms with E-state index in [1.54, 1.807) is 24.6 Å². The average molecular weight is 284 g/mol. The Labute approximate surface area is 114 Å². The lowest BCUT2D eigenvalue weighted by atomic mass is 10.2. The molecular weight excluding hydrogens is 270 g/mol. The van der Waals surface area contributed by atoms with Crippen molar-refractivity contribution in [2.45, 2.75) is 18.7 Å². The Kier molecular flexibility index (Phi) is 4.38. The van der Waals surface area contributed by atoms with Gasteiger partial charge < -0.3 is 10.3 Å². The van der Waals surface area contributed by atoms with Gasteiger partial charge in [-0.1, -0.05) is 6.07 Å². The molecule has 18 heavy (non-hydrogen) atoms. The molecule has 2 rings (SSSR count). The second-order valence-electron chi connectivity index (χ2n) is 3.86. The normalized spacial score (nSPS) is 12.3. The van der Waals surface area contributed by atoms with E-state index >= 15 is 0 Å². The predicted octanol–water partition coefficient (Wildman–Crippen LogP) is 2.42. The Morgan fingerprint density at radius 3 is 3.17 bits per heavy atom. The molecule has 0 saturated heterocycles. The third kappa shape index (κ3) is 3.11. The maximum atomic E-state index is 11.3.